The van der Waals surface area contributed by atoms with Crippen molar-refractivity contribution >= 4 is 11.8 Å². The van der Waals surface area contributed by atoms with Crippen LogP contribution in [0.3, 0.4) is 0 Å². The van der Waals surface area contributed by atoms with E-state index in [-0.39, 0.29) is 5.78 Å². The third-order valence-corrected chi connectivity index (χ3v) is 3.28. The van der Waals surface area contributed by atoms with Gasteiger partial charge in [-0.3, -0.25) is 9.69 Å². The van der Waals surface area contributed by atoms with Gasteiger partial charge in [-0.1, -0.05) is 30.3 Å². The largest absolute Gasteiger partial charge is 0.464 e. The van der Waals surface area contributed by atoms with E-state index in [2.05, 4.69) is 0 Å². The summed E-state index contributed by atoms with van der Waals surface area (Å²) in [5.41, 5.74) is 1.10. The predicted molar refractivity (Wildman–Crippen MR) is 71.5 cm³/mol. The Balaban J connectivity index is 2.11. The molecule has 1 aliphatic heterocycles. The van der Waals surface area contributed by atoms with Gasteiger partial charge in [0.15, 0.2) is 11.8 Å². The van der Waals surface area contributed by atoms with Gasteiger partial charge in [-0.25, -0.2) is 4.79 Å². The molecule has 1 fully saturated rings. The molecule has 102 valence electrons. The molecule has 1 aromatic rings. The Morgan fingerprint density at radius 2 is 2.11 bits per heavy atom. The molecule has 1 saturated heterocycles. The minimum Gasteiger partial charge on any atom is -0.464 e. The maximum atomic E-state index is 12.0. The van der Waals surface area contributed by atoms with Crippen LogP contribution in [0.1, 0.15) is 25.3 Å². The maximum Gasteiger partial charge on any atom is 0.331 e. The number of likely N-dealkylation sites (tertiary alicyclic amines) is 1. The van der Waals surface area contributed by atoms with Gasteiger partial charge >= 0.3 is 5.97 Å². The summed E-state index contributed by atoms with van der Waals surface area (Å²) in [5.74, 6) is -0.441. The Labute approximate surface area is 113 Å². The molecule has 1 aromatic carbocycles. The van der Waals surface area contributed by atoms with E-state index < -0.39 is 12.0 Å². The number of carbonyl (C=O) groups is 2. The maximum absolute atomic E-state index is 12.0. The minimum atomic E-state index is -0.728. The SMILES string of the molecule is CCOC(=O)[C@@H]1C(=O)CCCN1Cc1ccccc1. The zero-order chi connectivity index (χ0) is 13.7. The van der Waals surface area contributed by atoms with E-state index in [1.807, 2.05) is 35.2 Å². The highest BCUT2D eigenvalue weighted by molar-refractivity contribution is 6.03. The number of hydrogen-bond donors (Lipinski definition) is 0. The number of hydrogen-bond acceptors (Lipinski definition) is 4. The topological polar surface area (TPSA) is 46.6 Å². The fourth-order valence-electron chi connectivity index (χ4n) is 2.42. The number of ketones is 1. The van der Waals surface area contributed by atoms with Gasteiger partial charge in [-0.15, -0.1) is 0 Å². The van der Waals surface area contributed by atoms with E-state index >= 15 is 0 Å². The third-order valence-electron chi connectivity index (χ3n) is 3.28. The Kier molecular flexibility index (Phi) is 4.68. The lowest BCUT2D eigenvalue weighted by molar-refractivity contribution is -0.155. The lowest BCUT2D eigenvalue weighted by atomic mass is 9.99. The molecule has 0 amide bonds. The molecular formula is C15H19NO3. The zero-order valence-corrected chi connectivity index (χ0v) is 11.2. The molecule has 2 rings (SSSR count). The van der Waals surface area contributed by atoms with Crippen LogP contribution in [0.4, 0.5) is 0 Å². The molecule has 0 saturated carbocycles. The second kappa shape index (κ2) is 6.48. The average molecular weight is 261 g/mol. The molecule has 1 heterocycles. The zero-order valence-electron chi connectivity index (χ0n) is 11.2. The van der Waals surface area contributed by atoms with Crippen molar-refractivity contribution < 1.29 is 14.3 Å². The molecule has 4 nitrogen and oxygen atoms in total. The van der Waals surface area contributed by atoms with E-state index in [1.165, 1.54) is 0 Å². The normalized spacial score (nSPS) is 20.3. The Hall–Kier alpha value is -1.68. The summed E-state index contributed by atoms with van der Waals surface area (Å²) >= 11 is 0. The fraction of sp³-hybridized carbons (Fsp3) is 0.467. The summed E-state index contributed by atoms with van der Waals surface area (Å²) in [7, 11) is 0. The van der Waals surface area contributed by atoms with Crippen molar-refractivity contribution in [2.75, 3.05) is 13.2 Å². The number of rotatable bonds is 4. The summed E-state index contributed by atoms with van der Waals surface area (Å²) in [5, 5.41) is 0. The van der Waals surface area contributed by atoms with Crippen LogP contribution in [0.25, 0.3) is 0 Å². The molecule has 0 aliphatic carbocycles. The first-order valence-corrected chi connectivity index (χ1v) is 6.69. The van der Waals surface area contributed by atoms with Gasteiger partial charge in [0.1, 0.15) is 0 Å². The average Bonchev–Trinajstić information content (AvgIpc) is 2.40. The Bertz CT molecular complexity index is 444. The van der Waals surface area contributed by atoms with Crippen LogP contribution in [0.5, 0.6) is 0 Å². The molecule has 4 heteroatoms. The van der Waals surface area contributed by atoms with Gasteiger partial charge in [0.05, 0.1) is 6.61 Å². The summed E-state index contributed by atoms with van der Waals surface area (Å²) in [6, 6.07) is 9.14. The molecule has 0 N–H and O–H groups in total. The van der Waals surface area contributed by atoms with Crippen molar-refractivity contribution in [1.82, 2.24) is 4.90 Å². The van der Waals surface area contributed by atoms with Crippen LogP contribution >= 0.6 is 0 Å². The fourth-order valence-corrected chi connectivity index (χ4v) is 2.42. The van der Waals surface area contributed by atoms with Gasteiger partial charge in [-0.2, -0.15) is 0 Å². The van der Waals surface area contributed by atoms with Crippen LogP contribution in [-0.2, 0) is 20.9 Å². The number of nitrogens with zero attached hydrogens (tertiary/aromatic N) is 1. The van der Waals surface area contributed by atoms with Crippen LogP contribution < -0.4 is 0 Å². The lowest BCUT2D eigenvalue weighted by Crippen LogP contribution is -2.50. The Morgan fingerprint density at radius 1 is 1.37 bits per heavy atom. The molecule has 0 radical (unpaired) electrons. The van der Waals surface area contributed by atoms with Gasteiger partial charge in [0.2, 0.25) is 0 Å². The van der Waals surface area contributed by atoms with E-state index in [1.54, 1.807) is 6.92 Å². The molecule has 0 bridgehead atoms. The van der Waals surface area contributed by atoms with Crippen molar-refractivity contribution in [3.05, 3.63) is 35.9 Å². The summed E-state index contributed by atoms with van der Waals surface area (Å²) in [6.07, 6.45) is 1.27. The predicted octanol–water partition coefficient (Wildman–Crippen LogP) is 1.78. The van der Waals surface area contributed by atoms with Gasteiger partial charge < -0.3 is 4.74 Å². The standard InChI is InChI=1S/C15H19NO3/c1-2-19-15(18)14-13(17)9-6-10-16(14)11-12-7-4-3-5-8-12/h3-5,7-8,14H,2,6,9-11H2,1H3/t14-/m0/s1. The van der Waals surface area contributed by atoms with Gasteiger partial charge in [0.25, 0.3) is 0 Å². The van der Waals surface area contributed by atoms with Gasteiger partial charge in [-0.05, 0) is 18.9 Å². The highest BCUT2D eigenvalue weighted by Gasteiger charge is 2.36. The monoisotopic (exact) mass is 261 g/mol. The van der Waals surface area contributed by atoms with Crippen molar-refractivity contribution in [1.29, 1.82) is 0 Å². The van der Waals surface area contributed by atoms with Crippen LogP contribution in [0, 0.1) is 0 Å². The number of ether oxygens (including phenoxy) is 1. The lowest BCUT2D eigenvalue weighted by Gasteiger charge is -2.32. The second-order valence-electron chi connectivity index (χ2n) is 4.68. The van der Waals surface area contributed by atoms with Crippen LogP contribution in [0.15, 0.2) is 30.3 Å². The first kappa shape index (κ1) is 13.7. The molecule has 1 aliphatic rings. The quantitative estimate of drug-likeness (QED) is 0.612. The third kappa shape index (κ3) is 3.41. The molecule has 0 unspecified atom stereocenters. The van der Waals surface area contributed by atoms with E-state index in [9.17, 15) is 9.59 Å². The van der Waals surface area contributed by atoms with Crippen molar-refractivity contribution in [2.45, 2.75) is 32.4 Å². The number of piperidine rings is 1. The number of Topliss-reactive ketones (excluding diaryl/α,β-unsaturated/α-hetero) is 1. The molecule has 1 atom stereocenters. The van der Waals surface area contributed by atoms with Crippen molar-refractivity contribution in [2.24, 2.45) is 0 Å². The van der Waals surface area contributed by atoms with Crippen molar-refractivity contribution in [3.63, 3.8) is 0 Å². The first-order chi connectivity index (χ1) is 9.22. The summed E-state index contributed by atoms with van der Waals surface area (Å²) in [6.45, 7) is 3.43. The van der Waals surface area contributed by atoms with E-state index in [0.29, 0.717) is 19.6 Å². The summed E-state index contributed by atoms with van der Waals surface area (Å²) < 4.78 is 5.02. The first-order valence-electron chi connectivity index (χ1n) is 6.69. The van der Waals surface area contributed by atoms with Crippen molar-refractivity contribution in [3.8, 4) is 0 Å². The Morgan fingerprint density at radius 3 is 2.79 bits per heavy atom. The highest BCUT2D eigenvalue weighted by Crippen LogP contribution is 2.18. The van der Waals surface area contributed by atoms with Crippen LogP contribution in [0.2, 0.25) is 0 Å². The highest BCUT2D eigenvalue weighted by atomic mass is 16.5. The molecule has 0 spiro atoms. The van der Waals surface area contributed by atoms with E-state index in [4.69, 9.17) is 4.74 Å². The second-order valence-corrected chi connectivity index (χ2v) is 4.68. The number of carbonyl (C=O) groups excluding carboxylic acids is 2. The molecule has 0 aromatic heterocycles. The van der Waals surface area contributed by atoms with Crippen LogP contribution in [-0.4, -0.2) is 35.8 Å². The smallest absolute Gasteiger partial charge is 0.331 e. The molecule has 19 heavy (non-hydrogen) atoms. The van der Waals surface area contributed by atoms with Gasteiger partial charge in [0, 0.05) is 19.5 Å². The molecular weight excluding hydrogens is 242 g/mol. The van der Waals surface area contributed by atoms with E-state index in [0.717, 1.165) is 18.5 Å². The number of esters is 1. The summed E-state index contributed by atoms with van der Waals surface area (Å²) in [4.78, 5) is 25.8. The number of benzene rings is 1. The minimum absolute atomic E-state index is 0.0272.